The number of nitrogens with one attached hydrogen (secondary N) is 2. The first-order valence-electron chi connectivity index (χ1n) is 8.53. The first kappa shape index (κ1) is 19.0. The topological polar surface area (TPSA) is 87.7 Å². The van der Waals surface area contributed by atoms with Gasteiger partial charge in [-0.3, -0.25) is 14.9 Å². The molecule has 0 radical (unpaired) electrons. The molecule has 27 heavy (non-hydrogen) atoms. The number of halogens is 1. The van der Waals surface area contributed by atoms with Crippen molar-refractivity contribution in [1.82, 2.24) is 10.6 Å². The molecule has 0 unspecified atom stereocenters. The molecule has 1 aliphatic heterocycles. The zero-order valence-electron chi connectivity index (χ0n) is 14.7. The minimum Gasteiger partial charge on any atom is -0.504 e. The van der Waals surface area contributed by atoms with Gasteiger partial charge in [-0.25, -0.2) is 0 Å². The Morgan fingerprint density at radius 2 is 1.96 bits per heavy atom. The summed E-state index contributed by atoms with van der Waals surface area (Å²) in [6, 6.07) is 10.3. The fourth-order valence-electron chi connectivity index (χ4n) is 2.72. The second-order valence-electron chi connectivity index (χ2n) is 6.06. The Balaban J connectivity index is 1.76. The van der Waals surface area contributed by atoms with Crippen LogP contribution >= 0.6 is 15.9 Å². The molecule has 1 heterocycles. The van der Waals surface area contributed by atoms with E-state index in [1.54, 1.807) is 36.5 Å². The molecule has 1 aliphatic rings. The standard InChI is InChI=1S/C20H19BrN2O4/c1-2-7-27-18-6-3-12(8-17(18)24)10-22-11-16-15-9-13(21)4-5-14(15)19(25)23-20(16)26/h3-6,8-9,11,22,24H,2,7,10H2,1H3,(H,23,25,26)/b16-11+. The number of ether oxygens (including phenoxy) is 1. The number of benzene rings is 2. The predicted octanol–water partition coefficient (Wildman–Crippen LogP) is 3.34. The molecule has 0 aliphatic carbocycles. The summed E-state index contributed by atoms with van der Waals surface area (Å²) in [5, 5.41) is 15.4. The number of phenolic OH excluding ortho intramolecular Hbond substituents is 1. The molecule has 0 fully saturated rings. The number of imide groups is 1. The lowest BCUT2D eigenvalue weighted by molar-refractivity contribution is -0.114. The first-order chi connectivity index (χ1) is 13.0. The zero-order chi connectivity index (χ0) is 19.4. The van der Waals surface area contributed by atoms with Crippen molar-refractivity contribution >= 4 is 33.3 Å². The monoisotopic (exact) mass is 430 g/mol. The van der Waals surface area contributed by atoms with Crippen LogP contribution in [0.1, 0.15) is 34.8 Å². The Labute approximate surface area is 165 Å². The Kier molecular flexibility index (Phi) is 5.81. The van der Waals surface area contributed by atoms with Crippen LogP contribution in [0.2, 0.25) is 0 Å². The third-order valence-electron chi connectivity index (χ3n) is 4.03. The number of amides is 2. The summed E-state index contributed by atoms with van der Waals surface area (Å²) < 4.78 is 6.22. The van der Waals surface area contributed by atoms with Gasteiger partial charge >= 0.3 is 0 Å². The van der Waals surface area contributed by atoms with Crippen LogP contribution in [-0.2, 0) is 11.3 Å². The van der Waals surface area contributed by atoms with Crippen LogP contribution in [0.15, 0.2) is 47.1 Å². The van der Waals surface area contributed by atoms with E-state index in [0.29, 0.717) is 35.6 Å². The lowest BCUT2D eigenvalue weighted by atomic mass is 9.95. The number of hydrogen-bond donors (Lipinski definition) is 3. The molecule has 0 bridgehead atoms. The summed E-state index contributed by atoms with van der Waals surface area (Å²) in [5.41, 5.74) is 2.21. The smallest absolute Gasteiger partial charge is 0.260 e. The van der Waals surface area contributed by atoms with E-state index >= 15 is 0 Å². The van der Waals surface area contributed by atoms with Gasteiger partial charge in [0.25, 0.3) is 11.8 Å². The summed E-state index contributed by atoms with van der Waals surface area (Å²) >= 11 is 3.36. The number of carbonyl (C=O) groups is 2. The Morgan fingerprint density at radius 1 is 1.15 bits per heavy atom. The van der Waals surface area contributed by atoms with Crippen LogP contribution in [-0.4, -0.2) is 23.5 Å². The molecule has 0 atom stereocenters. The highest BCUT2D eigenvalue weighted by atomic mass is 79.9. The molecule has 3 N–H and O–H groups in total. The number of rotatable bonds is 6. The van der Waals surface area contributed by atoms with E-state index < -0.39 is 11.8 Å². The zero-order valence-corrected chi connectivity index (χ0v) is 16.3. The average Bonchev–Trinajstić information content (AvgIpc) is 2.63. The van der Waals surface area contributed by atoms with Crippen LogP contribution in [0.3, 0.4) is 0 Å². The minimum atomic E-state index is -0.454. The van der Waals surface area contributed by atoms with Crippen molar-refractivity contribution in [1.29, 1.82) is 0 Å². The molecule has 3 rings (SSSR count). The Hall–Kier alpha value is -2.80. The number of hydrogen-bond acceptors (Lipinski definition) is 5. The number of phenols is 1. The molecule has 140 valence electrons. The van der Waals surface area contributed by atoms with Crippen molar-refractivity contribution < 1.29 is 19.4 Å². The van der Waals surface area contributed by atoms with Gasteiger partial charge in [0.1, 0.15) is 0 Å². The summed E-state index contributed by atoms with van der Waals surface area (Å²) in [5.74, 6) is -0.343. The maximum Gasteiger partial charge on any atom is 0.260 e. The fourth-order valence-corrected chi connectivity index (χ4v) is 3.08. The number of aromatic hydroxyl groups is 1. The minimum absolute atomic E-state index is 0.0747. The van der Waals surface area contributed by atoms with Gasteiger partial charge in [-0.05, 0) is 42.3 Å². The van der Waals surface area contributed by atoms with Crippen LogP contribution in [0.5, 0.6) is 11.5 Å². The molecule has 0 aromatic heterocycles. The highest BCUT2D eigenvalue weighted by Gasteiger charge is 2.27. The SMILES string of the molecule is CCCOc1ccc(CN/C=C2/C(=O)NC(=O)c3ccc(Br)cc32)cc1O. The van der Waals surface area contributed by atoms with Crippen molar-refractivity contribution in [2.45, 2.75) is 19.9 Å². The van der Waals surface area contributed by atoms with Crippen molar-refractivity contribution in [3.63, 3.8) is 0 Å². The van der Waals surface area contributed by atoms with Gasteiger partial charge < -0.3 is 15.2 Å². The summed E-state index contributed by atoms with van der Waals surface area (Å²) in [6.07, 6.45) is 2.43. The molecule has 0 saturated carbocycles. The van der Waals surface area contributed by atoms with E-state index in [1.807, 2.05) is 13.0 Å². The molecular weight excluding hydrogens is 412 g/mol. The van der Waals surface area contributed by atoms with E-state index in [9.17, 15) is 14.7 Å². The molecule has 7 heteroatoms. The molecule has 2 amide bonds. The number of carbonyl (C=O) groups excluding carboxylic acids is 2. The van der Waals surface area contributed by atoms with E-state index in [4.69, 9.17) is 4.74 Å². The highest BCUT2D eigenvalue weighted by molar-refractivity contribution is 9.10. The van der Waals surface area contributed by atoms with Crippen LogP contribution in [0.4, 0.5) is 0 Å². The fraction of sp³-hybridized carbons (Fsp3) is 0.200. The highest BCUT2D eigenvalue weighted by Crippen LogP contribution is 2.28. The van der Waals surface area contributed by atoms with E-state index in [2.05, 4.69) is 26.6 Å². The normalized spacial score (nSPS) is 14.7. The van der Waals surface area contributed by atoms with Gasteiger partial charge in [0, 0.05) is 28.3 Å². The van der Waals surface area contributed by atoms with Gasteiger partial charge in [-0.2, -0.15) is 0 Å². The second-order valence-corrected chi connectivity index (χ2v) is 6.98. The van der Waals surface area contributed by atoms with Crippen molar-refractivity contribution in [2.75, 3.05) is 6.61 Å². The molecular formula is C20H19BrN2O4. The predicted molar refractivity (Wildman–Crippen MR) is 105 cm³/mol. The maximum atomic E-state index is 12.2. The molecule has 0 saturated heterocycles. The second kappa shape index (κ2) is 8.26. The lowest BCUT2D eigenvalue weighted by Crippen LogP contribution is -2.37. The van der Waals surface area contributed by atoms with Gasteiger partial charge in [-0.15, -0.1) is 0 Å². The first-order valence-corrected chi connectivity index (χ1v) is 9.32. The molecule has 0 spiro atoms. The number of fused-ring (bicyclic) bond motifs is 1. The van der Waals surface area contributed by atoms with Crippen molar-refractivity contribution in [3.05, 3.63) is 63.8 Å². The maximum absolute atomic E-state index is 12.2. The Bertz CT molecular complexity index is 924. The van der Waals surface area contributed by atoms with Gasteiger partial charge in [0.05, 0.1) is 12.2 Å². The molecule has 6 nitrogen and oxygen atoms in total. The Morgan fingerprint density at radius 3 is 2.70 bits per heavy atom. The van der Waals surface area contributed by atoms with Crippen LogP contribution < -0.4 is 15.4 Å². The van der Waals surface area contributed by atoms with Gasteiger partial charge in [0.15, 0.2) is 11.5 Å². The van der Waals surface area contributed by atoms with E-state index in [1.165, 1.54) is 0 Å². The van der Waals surface area contributed by atoms with Crippen LogP contribution in [0.25, 0.3) is 5.57 Å². The van der Waals surface area contributed by atoms with Crippen LogP contribution in [0, 0.1) is 0 Å². The van der Waals surface area contributed by atoms with Crippen molar-refractivity contribution in [3.8, 4) is 11.5 Å². The third-order valence-corrected chi connectivity index (χ3v) is 4.52. The van der Waals surface area contributed by atoms with Gasteiger partial charge in [-0.1, -0.05) is 28.9 Å². The largest absolute Gasteiger partial charge is 0.504 e. The third kappa shape index (κ3) is 4.31. The van der Waals surface area contributed by atoms with Crippen molar-refractivity contribution in [2.24, 2.45) is 0 Å². The van der Waals surface area contributed by atoms with E-state index in [0.717, 1.165) is 16.5 Å². The summed E-state index contributed by atoms with van der Waals surface area (Å²) in [7, 11) is 0. The summed E-state index contributed by atoms with van der Waals surface area (Å²) in [4.78, 5) is 24.2. The molecule has 2 aromatic rings. The van der Waals surface area contributed by atoms with Gasteiger partial charge in [0.2, 0.25) is 0 Å². The van der Waals surface area contributed by atoms with E-state index in [-0.39, 0.29) is 5.75 Å². The lowest BCUT2D eigenvalue weighted by Gasteiger charge is -2.18. The quantitative estimate of drug-likeness (QED) is 0.483. The average molecular weight is 431 g/mol. The summed E-state index contributed by atoms with van der Waals surface area (Å²) in [6.45, 7) is 2.93. The molecule has 2 aromatic carbocycles.